The van der Waals surface area contributed by atoms with Crippen LogP contribution in [0.3, 0.4) is 0 Å². The summed E-state index contributed by atoms with van der Waals surface area (Å²) in [6.07, 6.45) is 2.65. The maximum Gasteiger partial charge on any atom is 0.281 e. The highest BCUT2D eigenvalue weighted by molar-refractivity contribution is 7.87. The van der Waals surface area contributed by atoms with E-state index in [1.807, 2.05) is 11.0 Å². The average molecular weight is 661 g/mol. The third-order valence-corrected chi connectivity index (χ3v) is 10.8. The Bertz CT molecular complexity index is 1270. The van der Waals surface area contributed by atoms with Crippen molar-refractivity contribution in [2.75, 3.05) is 90.3 Å². The number of hydrogen-bond acceptors (Lipinski definition) is 11. The van der Waals surface area contributed by atoms with Gasteiger partial charge in [-0.15, -0.1) is 0 Å². The zero-order valence-electron chi connectivity index (χ0n) is 25.5. The summed E-state index contributed by atoms with van der Waals surface area (Å²) in [5.74, 6) is 3.05. The number of piperazine rings is 2. The van der Waals surface area contributed by atoms with Gasteiger partial charge in [-0.25, -0.2) is 19.9 Å². The number of hydrogen-bond donors (Lipinski definition) is 1. The summed E-state index contributed by atoms with van der Waals surface area (Å²) in [6.45, 7) is 9.89. The molecule has 0 radical (unpaired) electrons. The summed E-state index contributed by atoms with van der Waals surface area (Å²) in [4.78, 5) is 21.2. The van der Waals surface area contributed by atoms with Crippen molar-refractivity contribution >= 4 is 32.1 Å². The van der Waals surface area contributed by atoms with E-state index in [9.17, 15) is 21.9 Å². The Balaban J connectivity index is 0.000000421. The van der Waals surface area contributed by atoms with Crippen molar-refractivity contribution in [1.82, 2.24) is 37.2 Å². The van der Waals surface area contributed by atoms with Crippen molar-refractivity contribution in [2.45, 2.75) is 47.6 Å². The Hall–Kier alpha value is -2.54. The molecule has 0 bridgehead atoms. The van der Waals surface area contributed by atoms with Crippen molar-refractivity contribution < 1.29 is 21.9 Å². The van der Waals surface area contributed by atoms with Crippen LogP contribution in [0.1, 0.15) is 59.3 Å². The first-order valence-corrected chi connectivity index (χ1v) is 16.6. The maximum atomic E-state index is 12.1. The van der Waals surface area contributed by atoms with Crippen LogP contribution in [-0.2, 0) is 20.4 Å². The third kappa shape index (κ3) is 9.73. The molecule has 15 nitrogen and oxygen atoms in total. The molecule has 0 spiro atoms. The minimum Gasteiger partial charge on any atom is -0.385 e. The molecule has 0 aromatic carbocycles. The average Bonchev–Trinajstić information content (AvgIpc) is 2.97. The van der Waals surface area contributed by atoms with Crippen LogP contribution in [0.15, 0.2) is 24.5 Å². The fourth-order valence-electron chi connectivity index (χ4n) is 4.32. The second-order valence-corrected chi connectivity index (χ2v) is 15.0. The third-order valence-electron chi connectivity index (χ3n) is 6.91. The van der Waals surface area contributed by atoms with Gasteiger partial charge >= 0.3 is 0 Å². The molecule has 44 heavy (non-hydrogen) atoms. The van der Waals surface area contributed by atoms with E-state index in [4.69, 9.17) is 0 Å². The van der Waals surface area contributed by atoms with Crippen LogP contribution >= 0.6 is 0 Å². The van der Waals surface area contributed by atoms with Crippen LogP contribution < -0.4 is 9.80 Å². The number of aliphatic hydroxyl groups excluding tert-OH is 1. The van der Waals surface area contributed by atoms with E-state index in [0.29, 0.717) is 64.0 Å². The van der Waals surface area contributed by atoms with Crippen LogP contribution in [0.2, 0.25) is 0 Å². The molecule has 0 amide bonds. The van der Waals surface area contributed by atoms with E-state index >= 15 is 0 Å². The maximum absolute atomic E-state index is 12.1. The molecule has 4 rings (SSSR count). The van der Waals surface area contributed by atoms with Gasteiger partial charge in [-0.05, 0) is 19.1 Å². The molecule has 0 unspecified atom stereocenters. The van der Waals surface area contributed by atoms with Crippen molar-refractivity contribution in [3.63, 3.8) is 0 Å². The first kappa shape index (κ1) is 39.5. The van der Waals surface area contributed by atoms with Crippen LogP contribution in [0.5, 0.6) is 0 Å². The molecule has 0 aliphatic carbocycles. The fraction of sp³-hybridized carbons (Fsp3) is 0.704. The van der Waals surface area contributed by atoms with Gasteiger partial charge in [0.1, 0.15) is 23.6 Å². The summed E-state index contributed by atoms with van der Waals surface area (Å²) in [7, 11) is -0.509. The summed E-state index contributed by atoms with van der Waals surface area (Å²) in [5, 5.41) is 9.52. The molecule has 2 aliphatic heterocycles. The molecule has 2 saturated heterocycles. The summed E-state index contributed by atoms with van der Waals surface area (Å²) >= 11 is 0. The highest BCUT2D eigenvalue weighted by Gasteiger charge is 2.30. The van der Waals surface area contributed by atoms with Crippen LogP contribution in [0, 0.1) is 0 Å². The molecule has 17 heteroatoms. The van der Waals surface area contributed by atoms with Gasteiger partial charge < -0.3 is 14.9 Å². The molecule has 2 aromatic rings. The molecule has 2 aliphatic rings. The molecule has 2 aromatic heterocycles. The van der Waals surface area contributed by atoms with Gasteiger partial charge in [-0.2, -0.15) is 34.1 Å². The first-order chi connectivity index (χ1) is 19.6. The van der Waals surface area contributed by atoms with E-state index < -0.39 is 26.5 Å². The van der Waals surface area contributed by atoms with E-state index in [1.54, 1.807) is 39.5 Å². The van der Waals surface area contributed by atoms with Crippen molar-refractivity contribution in [3.8, 4) is 0 Å². The quantitative estimate of drug-likeness (QED) is 0.434. The minimum absolute atomic E-state index is 0. The largest absolute Gasteiger partial charge is 0.385 e. The van der Waals surface area contributed by atoms with Gasteiger partial charge in [0.05, 0.1) is 0 Å². The molecule has 1 N–H and O–H groups in total. The zero-order chi connectivity index (χ0) is 31.2. The molecule has 0 saturated carbocycles. The molecule has 1 atom stereocenters. The van der Waals surface area contributed by atoms with Crippen molar-refractivity contribution in [1.29, 1.82) is 0 Å². The number of nitrogens with zero attached hydrogens (tertiary/aromatic N) is 10. The summed E-state index contributed by atoms with van der Waals surface area (Å²) < 4.78 is 53.7. The molecule has 4 heterocycles. The highest BCUT2D eigenvalue weighted by atomic mass is 32.2. The second-order valence-electron chi connectivity index (χ2n) is 10.7. The first-order valence-electron chi connectivity index (χ1n) is 13.8. The minimum atomic E-state index is -3.36. The molecule has 2 fully saturated rings. The zero-order valence-corrected chi connectivity index (χ0v) is 27.1. The van der Waals surface area contributed by atoms with Gasteiger partial charge in [0.15, 0.2) is 5.82 Å². The van der Waals surface area contributed by atoms with Gasteiger partial charge in [-0.1, -0.05) is 28.7 Å². The molecular weight excluding hydrogens is 608 g/mol. The predicted molar refractivity (Wildman–Crippen MR) is 175 cm³/mol. The monoisotopic (exact) mass is 660 g/mol. The normalized spacial score (nSPS) is 17.5. The highest BCUT2D eigenvalue weighted by Crippen LogP contribution is 2.19. The summed E-state index contributed by atoms with van der Waals surface area (Å²) in [6, 6.07) is 3.64. The molecular formula is C27H52N10O5S2. The lowest BCUT2D eigenvalue weighted by molar-refractivity contribution is 0.189. The number of aromatic nitrogens is 4. The van der Waals surface area contributed by atoms with Crippen molar-refractivity contribution in [3.05, 3.63) is 36.2 Å². The van der Waals surface area contributed by atoms with Crippen LogP contribution in [0.25, 0.3) is 0 Å². The Morgan fingerprint density at radius 3 is 1.32 bits per heavy atom. The lowest BCUT2D eigenvalue weighted by Gasteiger charge is -2.35. The Morgan fingerprint density at radius 2 is 1.00 bits per heavy atom. The topological polar surface area (TPSA) is 160 Å². The van der Waals surface area contributed by atoms with Crippen LogP contribution in [-0.4, -0.2) is 140 Å². The van der Waals surface area contributed by atoms with Gasteiger partial charge in [0, 0.05) is 98.9 Å². The van der Waals surface area contributed by atoms with Crippen LogP contribution in [0.4, 0.5) is 11.6 Å². The van der Waals surface area contributed by atoms with Gasteiger partial charge in [0.25, 0.3) is 20.4 Å². The lowest BCUT2D eigenvalue weighted by Crippen LogP contribution is -2.51. The number of rotatable bonds is 8. The smallest absolute Gasteiger partial charge is 0.281 e. The number of aliphatic hydroxyl groups is 1. The lowest BCUT2D eigenvalue weighted by atomic mass is 10.2. The second kappa shape index (κ2) is 16.7. The number of anilines is 2. The van der Waals surface area contributed by atoms with Gasteiger partial charge in [-0.3, -0.25) is 0 Å². The standard InChI is InChI=1S/C13H23N5O2S.C12H21N5O3S.2CH4/c1-11(2)13-14-6-5-12(15-13)17-7-9-18(10-8-17)21(19,20)16(3)4;1-10(18)12-13-5-4-11(14-12)16-6-8-17(9-7-16)21(19,20)15(2)3;;/h5-6,11H,7-10H2,1-4H3;4-5,10,18H,6-9H2,1-3H3;2*1H4/t;10-;;/m.1../s1. The fourth-order valence-corrected chi connectivity index (χ4v) is 6.49. The Morgan fingerprint density at radius 1 is 0.659 bits per heavy atom. The predicted octanol–water partition coefficient (Wildman–Crippen LogP) is 1.26. The van der Waals surface area contributed by atoms with E-state index in [1.165, 1.54) is 31.3 Å². The Kier molecular flexibility index (Phi) is 15.0. The van der Waals surface area contributed by atoms with E-state index in [-0.39, 0.29) is 20.8 Å². The van der Waals surface area contributed by atoms with E-state index in [2.05, 4.69) is 38.7 Å². The van der Waals surface area contributed by atoms with Gasteiger partial charge in [0.2, 0.25) is 0 Å². The summed E-state index contributed by atoms with van der Waals surface area (Å²) in [5.41, 5.74) is 0. The SMILES string of the molecule is C.C.CC(C)c1nccc(N2CCN(S(=O)(=O)N(C)C)CC2)n1.C[C@@H](O)c1nccc(N2CCN(S(=O)(=O)N(C)C)CC2)n1. The van der Waals surface area contributed by atoms with Crippen molar-refractivity contribution in [2.24, 2.45) is 0 Å². The Labute approximate surface area is 264 Å². The molecule has 252 valence electrons. The van der Waals surface area contributed by atoms with E-state index in [0.717, 1.165) is 11.6 Å².